The molecule has 0 saturated carbocycles. The third-order valence-electron chi connectivity index (χ3n) is 5.19. The predicted molar refractivity (Wildman–Crippen MR) is 112 cm³/mol. The molecule has 0 N–H and O–H groups in total. The van der Waals surface area contributed by atoms with Crippen LogP contribution in [-0.4, -0.2) is 61.2 Å². The van der Waals surface area contributed by atoms with Crippen molar-refractivity contribution in [1.29, 1.82) is 0 Å². The molecule has 3 rings (SSSR count). The number of rotatable bonds is 6. The highest BCUT2D eigenvalue weighted by molar-refractivity contribution is 7.99. The Bertz CT molecular complexity index is 896. The van der Waals surface area contributed by atoms with Crippen LogP contribution in [0.5, 0.6) is 0 Å². The summed E-state index contributed by atoms with van der Waals surface area (Å²) < 4.78 is 10.2. The second-order valence-electron chi connectivity index (χ2n) is 6.99. The number of benzene rings is 1. The van der Waals surface area contributed by atoms with E-state index >= 15 is 0 Å². The first kappa shape index (κ1) is 21.2. The molecule has 154 valence electrons. The van der Waals surface area contributed by atoms with Crippen LogP contribution in [0, 0.1) is 0 Å². The molecule has 0 aromatic heterocycles. The number of carbonyl (C=O) groups is 3. The van der Waals surface area contributed by atoms with Gasteiger partial charge in [-0.05, 0) is 18.1 Å². The van der Waals surface area contributed by atoms with Crippen LogP contribution in [0.2, 0.25) is 0 Å². The van der Waals surface area contributed by atoms with Gasteiger partial charge in [0.05, 0.1) is 20.6 Å². The Morgan fingerprint density at radius 1 is 1.03 bits per heavy atom. The number of methoxy groups -OCH3 is 2. The smallest absolute Gasteiger partial charge is 0.228 e. The number of nitrogens with zero attached hydrogens (tertiary/aromatic N) is 1. The summed E-state index contributed by atoms with van der Waals surface area (Å²) in [6.07, 6.45) is 0.628. The fourth-order valence-electron chi connectivity index (χ4n) is 3.56. The largest absolute Gasteiger partial charge is 0.489 e. The van der Waals surface area contributed by atoms with E-state index in [0.29, 0.717) is 24.0 Å². The third kappa shape index (κ3) is 4.56. The predicted octanol–water partition coefficient (Wildman–Crippen LogP) is 2.32. The molecule has 0 spiro atoms. The van der Waals surface area contributed by atoms with Crippen molar-refractivity contribution in [3.8, 4) is 0 Å². The van der Waals surface area contributed by atoms with Crippen molar-refractivity contribution < 1.29 is 23.9 Å². The van der Waals surface area contributed by atoms with E-state index in [4.69, 9.17) is 9.47 Å². The summed E-state index contributed by atoms with van der Waals surface area (Å²) in [6, 6.07) is 7.61. The van der Waals surface area contributed by atoms with Gasteiger partial charge in [-0.1, -0.05) is 24.3 Å². The van der Waals surface area contributed by atoms with Crippen LogP contribution in [0.3, 0.4) is 0 Å². The van der Waals surface area contributed by atoms with Crippen LogP contribution >= 0.6 is 11.8 Å². The summed E-state index contributed by atoms with van der Waals surface area (Å²) >= 11 is 1.87. The zero-order valence-corrected chi connectivity index (χ0v) is 17.8. The van der Waals surface area contributed by atoms with Crippen molar-refractivity contribution in [2.24, 2.45) is 0 Å². The van der Waals surface area contributed by atoms with Gasteiger partial charge in [0, 0.05) is 42.2 Å². The third-order valence-corrected chi connectivity index (χ3v) is 6.13. The fraction of sp³-hybridized carbons (Fsp3) is 0.409. The van der Waals surface area contributed by atoms with Crippen molar-refractivity contribution in [2.75, 3.05) is 38.8 Å². The van der Waals surface area contributed by atoms with Gasteiger partial charge in [-0.15, -0.1) is 0 Å². The van der Waals surface area contributed by atoms with Crippen LogP contribution in [0.4, 0.5) is 0 Å². The van der Waals surface area contributed by atoms with Crippen molar-refractivity contribution in [1.82, 2.24) is 4.90 Å². The molecule has 1 saturated heterocycles. The highest BCUT2D eigenvalue weighted by Gasteiger charge is 2.34. The second kappa shape index (κ2) is 9.31. The summed E-state index contributed by atoms with van der Waals surface area (Å²) in [7, 11) is 2.70. The number of allylic oxidation sites excluding steroid dienone is 2. The Labute approximate surface area is 174 Å². The summed E-state index contributed by atoms with van der Waals surface area (Å²) in [5.74, 6) is 1.28. The van der Waals surface area contributed by atoms with E-state index in [9.17, 15) is 14.4 Å². The molecule has 0 radical (unpaired) electrons. The average molecular weight is 416 g/mol. The number of Topliss-reactive ketones (excluding diaryl/α,β-unsaturated/α-hetero) is 2. The molecule has 0 bridgehead atoms. The Kier molecular flexibility index (Phi) is 6.79. The van der Waals surface area contributed by atoms with Gasteiger partial charge in [-0.25, -0.2) is 0 Å². The van der Waals surface area contributed by atoms with Gasteiger partial charge in [0.25, 0.3) is 0 Å². The van der Waals surface area contributed by atoms with Gasteiger partial charge in [-0.2, -0.15) is 11.8 Å². The van der Waals surface area contributed by atoms with Crippen molar-refractivity contribution in [2.45, 2.75) is 19.8 Å². The van der Waals surface area contributed by atoms with E-state index in [1.807, 2.05) is 40.9 Å². The number of hydrogen-bond acceptors (Lipinski definition) is 6. The Balaban J connectivity index is 1.77. The maximum atomic E-state index is 12.8. The summed E-state index contributed by atoms with van der Waals surface area (Å²) in [5.41, 5.74) is 2.53. The second-order valence-corrected chi connectivity index (χ2v) is 8.22. The van der Waals surface area contributed by atoms with Crippen LogP contribution in [0.1, 0.15) is 18.1 Å². The van der Waals surface area contributed by atoms with E-state index in [1.54, 1.807) is 6.92 Å². The van der Waals surface area contributed by atoms with Gasteiger partial charge >= 0.3 is 0 Å². The number of ether oxygens (including phenoxy) is 2. The molecule has 2 aliphatic rings. The van der Waals surface area contributed by atoms with Crippen LogP contribution < -0.4 is 0 Å². The molecule has 1 fully saturated rings. The minimum Gasteiger partial charge on any atom is -0.489 e. The standard InChI is InChI=1S/C22H25NO5S/c1-14-17(20(26)22(28-3)21(27-2)19(14)25)12-15-5-4-6-16(11-15)13-18(24)23-7-9-29-10-8-23/h4-6,11H,7-10,12-13H2,1-3H3. The van der Waals surface area contributed by atoms with E-state index in [0.717, 1.165) is 35.7 Å². The van der Waals surface area contributed by atoms with Crippen LogP contribution in [0.25, 0.3) is 0 Å². The van der Waals surface area contributed by atoms with E-state index in [-0.39, 0.29) is 29.0 Å². The van der Waals surface area contributed by atoms with Crippen LogP contribution in [0.15, 0.2) is 46.9 Å². The van der Waals surface area contributed by atoms with Crippen LogP contribution in [-0.2, 0) is 36.7 Å². The van der Waals surface area contributed by atoms with Crippen molar-refractivity contribution in [3.63, 3.8) is 0 Å². The first-order chi connectivity index (χ1) is 14.0. The number of ketones is 2. The molecule has 0 unspecified atom stereocenters. The molecule has 1 aliphatic carbocycles. The SMILES string of the molecule is COC1=C(OC)C(=O)C(Cc2cccc(CC(=O)N3CCSCC3)c2)=C(C)C1=O. The lowest BCUT2D eigenvalue weighted by Crippen LogP contribution is -2.38. The summed E-state index contributed by atoms with van der Waals surface area (Å²) in [5, 5.41) is 0. The van der Waals surface area contributed by atoms with Gasteiger partial charge in [0.1, 0.15) is 0 Å². The normalized spacial score (nSPS) is 17.7. The molecule has 1 aromatic carbocycles. The first-order valence-electron chi connectivity index (χ1n) is 9.51. The topological polar surface area (TPSA) is 72.9 Å². The monoisotopic (exact) mass is 415 g/mol. The minimum atomic E-state index is -0.340. The molecule has 1 aliphatic heterocycles. The minimum absolute atomic E-state index is 0.0576. The van der Waals surface area contributed by atoms with Crippen molar-refractivity contribution in [3.05, 3.63) is 58.1 Å². The molecule has 0 atom stereocenters. The highest BCUT2D eigenvalue weighted by Crippen LogP contribution is 2.28. The average Bonchev–Trinajstić information content (AvgIpc) is 2.74. The lowest BCUT2D eigenvalue weighted by Gasteiger charge is -2.26. The van der Waals surface area contributed by atoms with Gasteiger partial charge in [-0.3, -0.25) is 14.4 Å². The molecule has 29 heavy (non-hydrogen) atoms. The van der Waals surface area contributed by atoms with Gasteiger partial charge in [0.2, 0.25) is 29.0 Å². The summed E-state index contributed by atoms with van der Waals surface area (Å²) in [6.45, 7) is 3.21. The van der Waals surface area contributed by atoms with Crippen molar-refractivity contribution >= 4 is 29.2 Å². The van der Waals surface area contributed by atoms with Gasteiger partial charge < -0.3 is 14.4 Å². The number of hydrogen-bond donors (Lipinski definition) is 0. The molecule has 1 amide bonds. The summed E-state index contributed by atoms with van der Waals surface area (Å²) in [4.78, 5) is 39.8. The number of thioether (sulfide) groups is 1. The quantitative estimate of drug-likeness (QED) is 0.664. The molecule has 1 aromatic rings. The molecule has 7 heteroatoms. The van der Waals surface area contributed by atoms with E-state index in [1.165, 1.54) is 14.2 Å². The Hall–Kier alpha value is -2.54. The molecular formula is C22H25NO5S. The Morgan fingerprint density at radius 2 is 1.66 bits per heavy atom. The molecule has 6 nitrogen and oxygen atoms in total. The molecular weight excluding hydrogens is 390 g/mol. The van der Waals surface area contributed by atoms with E-state index in [2.05, 4.69) is 0 Å². The van der Waals surface area contributed by atoms with Gasteiger partial charge in [0.15, 0.2) is 0 Å². The zero-order chi connectivity index (χ0) is 21.0. The first-order valence-corrected chi connectivity index (χ1v) is 10.7. The maximum absolute atomic E-state index is 12.8. The lowest BCUT2D eigenvalue weighted by atomic mass is 9.88. The van der Waals surface area contributed by atoms with E-state index < -0.39 is 0 Å². The maximum Gasteiger partial charge on any atom is 0.228 e. The fourth-order valence-corrected chi connectivity index (χ4v) is 4.46. The Morgan fingerprint density at radius 3 is 2.31 bits per heavy atom. The zero-order valence-electron chi connectivity index (χ0n) is 16.9. The highest BCUT2D eigenvalue weighted by atomic mass is 32.2. The molecule has 1 heterocycles. The lowest BCUT2D eigenvalue weighted by molar-refractivity contribution is -0.130. The number of amides is 1. The number of carbonyl (C=O) groups excluding carboxylic acids is 3.